The molecule has 3 amide bonds. The molecule has 0 radical (unpaired) electrons. The highest BCUT2D eigenvalue weighted by molar-refractivity contribution is 7.18. The molecule has 10 heteroatoms. The number of hydrogen-bond acceptors (Lipinski definition) is 6. The summed E-state index contributed by atoms with van der Waals surface area (Å²) in [4.78, 5) is 44.7. The van der Waals surface area contributed by atoms with Gasteiger partial charge in [-0.25, -0.2) is 4.98 Å². The van der Waals surface area contributed by atoms with Crippen LogP contribution in [0, 0.1) is 0 Å². The average Bonchev–Trinajstić information content (AvgIpc) is 3.21. The van der Waals surface area contributed by atoms with Crippen molar-refractivity contribution in [3.63, 3.8) is 0 Å². The van der Waals surface area contributed by atoms with Crippen LogP contribution in [0.3, 0.4) is 0 Å². The zero-order valence-corrected chi connectivity index (χ0v) is 23.0. The number of thiazole rings is 1. The number of likely N-dealkylation sites (N-methyl/N-ethyl adjacent to an activating group) is 1. The minimum Gasteiger partial charge on any atom is -0.350 e. The van der Waals surface area contributed by atoms with Crippen molar-refractivity contribution in [2.75, 3.05) is 27.2 Å². The second kappa shape index (κ2) is 14.1. The Bertz CT molecular complexity index is 1110. The van der Waals surface area contributed by atoms with E-state index in [9.17, 15) is 14.4 Å². The number of carbonyl (C=O) groups is 3. The van der Waals surface area contributed by atoms with Crippen LogP contribution in [-0.4, -0.2) is 66.9 Å². The molecule has 1 aromatic heterocycles. The molecule has 0 unspecified atom stereocenters. The molecule has 0 saturated carbocycles. The van der Waals surface area contributed by atoms with E-state index >= 15 is 0 Å². The molecule has 0 bridgehead atoms. The smallest absolute Gasteiger partial charge is 0.248 e. The Morgan fingerprint density at radius 1 is 1.14 bits per heavy atom. The molecule has 8 nitrogen and oxygen atoms in total. The summed E-state index contributed by atoms with van der Waals surface area (Å²) < 4.78 is 0.912. The normalized spacial score (nSPS) is 12.7. The van der Waals surface area contributed by atoms with E-state index in [0.717, 1.165) is 15.8 Å². The molecule has 1 aromatic carbocycles. The third kappa shape index (κ3) is 9.04. The summed E-state index contributed by atoms with van der Waals surface area (Å²) in [5.41, 5.74) is 1.97. The Morgan fingerprint density at radius 2 is 1.86 bits per heavy atom. The number of hydrogen-bond donors (Lipinski definition) is 3. The van der Waals surface area contributed by atoms with Gasteiger partial charge in [0.25, 0.3) is 0 Å². The molecular weight excluding hydrogens is 498 g/mol. The van der Waals surface area contributed by atoms with Crippen molar-refractivity contribution >= 4 is 50.9 Å². The minimum atomic E-state index is -0.827. The zero-order chi connectivity index (χ0) is 26.8. The first-order chi connectivity index (χ1) is 17.0. The molecule has 2 aromatic rings. The summed E-state index contributed by atoms with van der Waals surface area (Å²) in [6, 6.07) is 4.10. The molecule has 3 N–H and O–H groups in total. The number of aromatic nitrogens is 1. The van der Waals surface area contributed by atoms with Gasteiger partial charge in [-0.15, -0.1) is 11.3 Å². The van der Waals surface area contributed by atoms with Crippen molar-refractivity contribution in [2.45, 2.75) is 51.6 Å². The Labute approximate surface area is 222 Å². The van der Waals surface area contributed by atoms with Crippen molar-refractivity contribution in [1.82, 2.24) is 25.8 Å². The predicted octanol–water partition coefficient (Wildman–Crippen LogP) is 3.46. The summed E-state index contributed by atoms with van der Waals surface area (Å²) in [6.45, 7) is 12.3. The Kier molecular flexibility index (Phi) is 11.6. The number of halogens is 1. The molecule has 36 heavy (non-hydrogen) atoms. The van der Waals surface area contributed by atoms with Crippen molar-refractivity contribution in [1.29, 1.82) is 0 Å². The highest BCUT2D eigenvalue weighted by Crippen LogP contribution is 2.26. The highest BCUT2D eigenvalue weighted by Gasteiger charge is 2.26. The van der Waals surface area contributed by atoms with Gasteiger partial charge in [-0.3, -0.25) is 14.4 Å². The van der Waals surface area contributed by atoms with Gasteiger partial charge < -0.3 is 20.9 Å². The topological polar surface area (TPSA) is 103 Å². The molecular formula is C26H36ClN5O3S. The third-order valence-electron chi connectivity index (χ3n) is 5.46. The Morgan fingerprint density at radius 3 is 2.50 bits per heavy atom. The van der Waals surface area contributed by atoms with E-state index in [-0.39, 0.29) is 30.7 Å². The van der Waals surface area contributed by atoms with E-state index in [1.54, 1.807) is 6.07 Å². The monoisotopic (exact) mass is 533 g/mol. The largest absolute Gasteiger partial charge is 0.350 e. The summed E-state index contributed by atoms with van der Waals surface area (Å²) >= 11 is 7.53. The van der Waals surface area contributed by atoms with E-state index in [0.29, 0.717) is 41.4 Å². The Hall–Kier alpha value is -2.75. The molecule has 1 heterocycles. The van der Waals surface area contributed by atoms with Crippen molar-refractivity contribution < 1.29 is 14.4 Å². The number of nitrogens with zero attached hydrogens (tertiary/aromatic N) is 2. The number of nitrogens with one attached hydrogen (secondary N) is 3. The van der Waals surface area contributed by atoms with Gasteiger partial charge >= 0.3 is 0 Å². The number of carbonyl (C=O) groups excluding carboxylic acids is 3. The lowest BCUT2D eigenvalue weighted by molar-refractivity contribution is -0.129. The average molecular weight is 534 g/mol. The van der Waals surface area contributed by atoms with Crippen LogP contribution in [-0.2, 0) is 20.8 Å². The van der Waals surface area contributed by atoms with Crippen LogP contribution < -0.4 is 16.0 Å². The molecule has 0 spiro atoms. The predicted molar refractivity (Wildman–Crippen MR) is 147 cm³/mol. The number of benzene rings is 1. The Balaban J connectivity index is 2.17. The lowest BCUT2D eigenvalue weighted by Crippen LogP contribution is -2.53. The molecule has 2 rings (SSSR count). The SMILES string of the molecule is C=C(CN(C)C)C(=O)NC[C@@H](NC(=O)[C@H](Cc1nc2ccc(Cl)cc2s1)NC(=O)CCC)C(=C)CC. The van der Waals surface area contributed by atoms with Gasteiger partial charge in [0.2, 0.25) is 17.7 Å². The van der Waals surface area contributed by atoms with Crippen LogP contribution in [0.5, 0.6) is 0 Å². The van der Waals surface area contributed by atoms with E-state index in [2.05, 4.69) is 34.1 Å². The number of amides is 3. The minimum absolute atomic E-state index is 0.166. The first kappa shape index (κ1) is 29.5. The molecule has 0 aliphatic carbocycles. The standard InChI is InChI=1S/C26H36ClN5O3S/c1-7-9-23(33)29-20(13-24-30-19-11-10-18(27)12-22(19)36-24)26(35)31-21(16(3)8-2)14-28-25(34)17(4)15-32(5)6/h10-12,20-21H,3-4,7-9,13-15H2,1-2,5-6H3,(H,28,34)(H,29,33)(H,31,35)/t20-,21+/m0/s1. The highest BCUT2D eigenvalue weighted by atomic mass is 35.5. The first-order valence-electron chi connectivity index (χ1n) is 12.0. The van der Waals surface area contributed by atoms with Gasteiger partial charge in [0.05, 0.1) is 21.3 Å². The van der Waals surface area contributed by atoms with Crippen LogP contribution in [0.15, 0.2) is 42.5 Å². The van der Waals surface area contributed by atoms with Gasteiger partial charge in [0.15, 0.2) is 0 Å². The number of rotatable bonds is 14. The molecule has 196 valence electrons. The second-order valence-electron chi connectivity index (χ2n) is 8.92. The fourth-order valence-corrected chi connectivity index (χ4v) is 4.79. The van der Waals surface area contributed by atoms with Gasteiger partial charge in [-0.05, 0) is 45.1 Å². The maximum atomic E-state index is 13.4. The van der Waals surface area contributed by atoms with E-state index in [1.807, 2.05) is 45.0 Å². The fourth-order valence-electron chi connectivity index (χ4n) is 3.50. The van der Waals surface area contributed by atoms with Crippen LogP contribution in [0.4, 0.5) is 0 Å². The fraction of sp³-hybridized carbons (Fsp3) is 0.462. The van der Waals surface area contributed by atoms with Crippen molar-refractivity contribution in [3.05, 3.63) is 52.5 Å². The van der Waals surface area contributed by atoms with Crippen LogP contribution in [0.2, 0.25) is 5.02 Å². The van der Waals surface area contributed by atoms with Gasteiger partial charge in [-0.2, -0.15) is 0 Å². The summed E-state index contributed by atoms with van der Waals surface area (Å²) in [5, 5.41) is 9.96. The van der Waals surface area contributed by atoms with Crippen molar-refractivity contribution in [3.8, 4) is 0 Å². The van der Waals surface area contributed by atoms with E-state index < -0.39 is 12.1 Å². The van der Waals surface area contributed by atoms with E-state index in [4.69, 9.17) is 11.6 Å². The first-order valence-corrected chi connectivity index (χ1v) is 13.2. The summed E-state index contributed by atoms with van der Waals surface area (Å²) in [6.07, 6.45) is 1.83. The quantitative estimate of drug-likeness (QED) is 0.255. The van der Waals surface area contributed by atoms with Crippen LogP contribution >= 0.6 is 22.9 Å². The summed E-state index contributed by atoms with van der Waals surface area (Å²) in [5.74, 6) is -0.855. The van der Waals surface area contributed by atoms with Crippen LogP contribution in [0.1, 0.15) is 38.1 Å². The molecule has 0 fully saturated rings. The molecule has 2 atom stereocenters. The second-order valence-corrected chi connectivity index (χ2v) is 10.5. The van der Waals surface area contributed by atoms with Gasteiger partial charge in [-0.1, -0.05) is 44.2 Å². The maximum absolute atomic E-state index is 13.4. The zero-order valence-electron chi connectivity index (χ0n) is 21.4. The lowest BCUT2D eigenvalue weighted by Gasteiger charge is -2.25. The molecule has 0 saturated heterocycles. The van der Waals surface area contributed by atoms with E-state index in [1.165, 1.54) is 11.3 Å². The molecule has 0 aliphatic heterocycles. The number of fused-ring (bicyclic) bond motifs is 1. The van der Waals surface area contributed by atoms with Crippen molar-refractivity contribution in [2.24, 2.45) is 0 Å². The van der Waals surface area contributed by atoms with Gasteiger partial charge in [0, 0.05) is 36.5 Å². The maximum Gasteiger partial charge on any atom is 0.248 e. The third-order valence-corrected chi connectivity index (χ3v) is 6.74. The summed E-state index contributed by atoms with van der Waals surface area (Å²) in [7, 11) is 3.71. The lowest BCUT2D eigenvalue weighted by atomic mass is 10.0. The van der Waals surface area contributed by atoms with Gasteiger partial charge in [0.1, 0.15) is 6.04 Å². The molecule has 0 aliphatic rings. The van der Waals surface area contributed by atoms with Crippen LogP contribution in [0.25, 0.3) is 10.2 Å².